The van der Waals surface area contributed by atoms with Gasteiger partial charge in [0.25, 0.3) is 0 Å². The number of ether oxygens (including phenoxy) is 2. The Hall–Kier alpha value is -1.13. The van der Waals surface area contributed by atoms with Gasteiger partial charge in [-0.3, -0.25) is 4.79 Å². The molecule has 1 N–H and O–H groups in total. The first-order chi connectivity index (χ1) is 8.47. The second kappa shape index (κ2) is 4.86. The predicted molar refractivity (Wildman–Crippen MR) is 70.7 cm³/mol. The quantitative estimate of drug-likeness (QED) is 0.867. The van der Waals surface area contributed by atoms with E-state index in [0.29, 0.717) is 23.6 Å². The molecule has 1 fully saturated rings. The monoisotopic (exact) mass is 289 g/mol. The summed E-state index contributed by atoms with van der Waals surface area (Å²) < 4.78 is 9.32. The highest BCUT2D eigenvalue weighted by Gasteiger charge is 2.56. The number of halogens is 2. The molecule has 0 saturated heterocycles. The molecule has 18 heavy (non-hydrogen) atoms. The van der Waals surface area contributed by atoms with Crippen molar-refractivity contribution in [1.29, 1.82) is 0 Å². The van der Waals surface area contributed by atoms with E-state index < -0.39 is 4.33 Å². The van der Waals surface area contributed by atoms with Crippen LogP contribution in [-0.4, -0.2) is 24.5 Å². The van der Waals surface area contributed by atoms with Gasteiger partial charge in [0, 0.05) is 6.07 Å². The fourth-order valence-electron chi connectivity index (χ4n) is 1.63. The van der Waals surface area contributed by atoms with Crippen LogP contribution in [0.3, 0.4) is 0 Å². The third-order valence-corrected chi connectivity index (χ3v) is 3.64. The van der Waals surface area contributed by atoms with Crippen LogP contribution in [0.5, 0.6) is 11.5 Å². The molecule has 1 saturated carbocycles. The maximum absolute atomic E-state index is 11.9. The summed E-state index contributed by atoms with van der Waals surface area (Å²) in [7, 11) is 3.08. The normalized spacial score (nSPS) is 20.1. The van der Waals surface area contributed by atoms with Crippen LogP contribution >= 0.6 is 23.2 Å². The lowest BCUT2D eigenvalue weighted by Gasteiger charge is -2.11. The Morgan fingerprint density at radius 2 is 2.06 bits per heavy atom. The summed E-state index contributed by atoms with van der Waals surface area (Å²) >= 11 is 11.7. The van der Waals surface area contributed by atoms with E-state index in [9.17, 15) is 4.79 Å². The third-order valence-electron chi connectivity index (χ3n) is 2.81. The zero-order valence-electron chi connectivity index (χ0n) is 10.00. The maximum Gasteiger partial charge on any atom is 0.230 e. The van der Waals surface area contributed by atoms with Crippen molar-refractivity contribution >= 4 is 34.8 Å². The number of hydrogen-bond acceptors (Lipinski definition) is 3. The smallest absolute Gasteiger partial charge is 0.230 e. The van der Waals surface area contributed by atoms with E-state index in [1.54, 1.807) is 25.3 Å². The molecule has 1 unspecified atom stereocenters. The van der Waals surface area contributed by atoms with Crippen molar-refractivity contribution in [3.8, 4) is 11.5 Å². The van der Waals surface area contributed by atoms with Crippen LogP contribution < -0.4 is 14.8 Å². The third kappa shape index (κ3) is 2.65. The number of anilines is 1. The Bertz CT molecular complexity index is 476. The van der Waals surface area contributed by atoms with Crippen LogP contribution in [-0.2, 0) is 4.79 Å². The van der Waals surface area contributed by atoms with Gasteiger partial charge >= 0.3 is 0 Å². The average Bonchev–Trinajstić information content (AvgIpc) is 2.98. The van der Waals surface area contributed by atoms with Crippen LogP contribution in [0.1, 0.15) is 6.42 Å². The van der Waals surface area contributed by atoms with Crippen molar-refractivity contribution < 1.29 is 14.3 Å². The number of rotatable bonds is 4. The molecule has 1 aliphatic rings. The lowest BCUT2D eigenvalue weighted by molar-refractivity contribution is -0.117. The Kier molecular flexibility index (Phi) is 3.59. The molecule has 4 nitrogen and oxygen atoms in total. The van der Waals surface area contributed by atoms with Gasteiger partial charge in [-0.25, -0.2) is 0 Å². The van der Waals surface area contributed by atoms with Gasteiger partial charge in [0.1, 0.15) is 15.8 Å². The number of carbonyl (C=O) groups is 1. The highest BCUT2D eigenvalue weighted by Crippen LogP contribution is 2.53. The maximum atomic E-state index is 11.9. The molecule has 1 atom stereocenters. The summed E-state index contributed by atoms with van der Waals surface area (Å²) in [4.78, 5) is 11.9. The molecule has 6 heteroatoms. The minimum Gasteiger partial charge on any atom is -0.497 e. The Labute approximate surface area is 115 Å². The lowest BCUT2D eigenvalue weighted by Crippen LogP contribution is -2.17. The van der Waals surface area contributed by atoms with Crippen molar-refractivity contribution in [3.63, 3.8) is 0 Å². The molecule has 0 aromatic heterocycles. The van der Waals surface area contributed by atoms with E-state index in [1.807, 2.05) is 0 Å². The Morgan fingerprint density at radius 3 is 2.56 bits per heavy atom. The van der Waals surface area contributed by atoms with Crippen LogP contribution in [0.15, 0.2) is 18.2 Å². The summed E-state index contributed by atoms with van der Waals surface area (Å²) in [5.74, 6) is 0.591. The molecular formula is C12H13Cl2NO3. The van der Waals surface area contributed by atoms with E-state index >= 15 is 0 Å². The number of nitrogens with one attached hydrogen (secondary N) is 1. The molecule has 1 aliphatic carbocycles. The van der Waals surface area contributed by atoms with E-state index in [1.165, 1.54) is 7.11 Å². The van der Waals surface area contributed by atoms with Crippen LogP contribution in [0.2, 0.25) is 0 Å². The van der Waals surface area contributed by atoms with Crippen molar-refractivity contribution in [1.82, 2.24) is 0 Å². The molecule has 0 heterocycles. The fraction of sp³-hybridized carbons (Fsp3) is 0.417. The zero-order chi connectivity index (χ0) is 13.3. The highest BCUT2D eigenvalue weighted by atomic mass is 35.5. The number of alkyl halides is 2. The van der Waals surface area contributed by atoms with Gasteiger partial charge in [0.05, 0.1) is 25.8 Å². The number of amides is 1. The topological polar surface area (TPSA) is 47.6 Å². The molecule has 1 aromatic rings. The average molecular weight is 290 g/mol. The van der Waals surface area contributed by atoms with Crippen LogP contribution in [0, 0.1) is 5.92 Å². The molecular weight excluding hydrogens is 277 g/mol. The van der Waals surface area contributed by atoms with Crippen molar-refractivity contribution in [3.05, 3.63) is 18.2 Å². The summed E-state index contributed by atoms with van der Waals surface area (Å²) in [6, 6.07) is 5.15. The minimum absolute atomic E-state index is 0.216. The van der Waals surface area contributed by atoms with Gasteiger partial charge in [0.2, 0.25) is 5.91 Å². The SMILES string of the molecule is COc1ccc(OC)c(NC(=O)C2CC2(Cl)Cl)c1. The zero-order valence-corrected chi connectivity index (χ0v) is 11.5. The molecule has 98 valence electrons. The fourth-order valence-corrected chi connectivity index (χ4v) is 2.14. The minimum atomic E-state index is -0.934. The standard InChI is InChI=1S/C12H13Cl2NO3/c1-17-7-3-4-10(18-2)9(5-7)15-11(16)8-6-12(8,13)14/h3-5,8H,6H2,1-2H3,(H,15,16). The van der Waals surface area contributed by atoms with Crippen molar-refractivity contribution in [2.45, 2.75) is 10.8 Å². The number of hydrogen-bond donors (Lipinski definition) is 1. The first-order valence-electron chi connectivity index (χ1n) is 5.38. The van der Waals surface area contributed by atoms with Crippen LogP contribution in [0.4, 0.5) is 5.69 Å². The number of carbonyl (C=O) groups excluding carboxylic acids is 1. The Balaban J connectivity index is 2.15. The largest absolute Gasteiger partial charge is 0.497 e. The summed E-state index contributed by atoms with van der Waals surface area (Å²) in [6.45, 7) is 0. The predicted octanol–water partition coefficient (Wildman–Crippen LogP) is 2.84. The van der Waals surface area contributed by atoms with Crippen LogP contribution in [0.25, 0.3) is 0 Å². The van der Waals surface area contributed by atoms with Crippen molar-refractivity contribution in [2.75, 3.05) is 19.5 Å². The highest BCUT2D eigenvalue weighted by molar-refractivity contribution is 6.52. The molecule has 0 radical (unpaired) electrons. The number of methoxy groups -OCH3 is 2. The van der Waals surface area contributed by atoms with Gasteiger partial charge in [0.15, 0.2) is 0 Å². The van der Waals surface area contributed by atoms with E-state index in [-0.39, 0.29) is 11.8 Å². The van der Waals surface area contributed by atoms with Crippen molar-refractivity contribution in [2.24, 2.45) is 5.92 Å². The van der Waals surface area contributed by atoms with E-state index in [0.717, 1.165) is 0 Å². The first-order valence-corrected chi connectivity index (χ1v) is 6.14. The summed E-state index contributed by atoms with van der Waals surface area (Å²) in [5, 5.41) is 2.74. The molecule has 1 aromatic carbocycles. The van der Waals surface area contributed by atoms with Gasteiger partial charge in [-0.1, -0.05) is 0 Å². The summed E-state index contributed by atoms with van der Waals surface area (Å²) in [5.41, 5.74) is 0.540. The second-order valence-corrected chi connectivity index (χ2v) is 5.62. The van der Waals surface area contributed by atoms with Gasteiger partial charge in [-0.15, -0.1) is 23.2 Å². The second-order valence-electron chi connectivity index (χ2n) is 4.07. The summed E-state index contributed by atoms with van der Waals surface area (Å²) in [6.07, 6.45) is 0.466. The van der Waals surface area contributed by atoms with Gasteiger partial charge in [-0.2, -0.15) is 0 Å². The molecule has 0 bridgehead atoms. The number of benzene rings is 1. The Morgan fingerprint density at radius 1 is 1.39 bits per heavy atom. The molecule has 1 amide bonds. The van der Waals surface area contributed by atoms with E-state index in [2.05, 4.69) is 5.32 Å². The molecule has 0 aliphatic heterocycles. The van der Waals surface area contributed by atoms with Gasteiger partial charge in [-0.05, 0) is 18.6 Å². The molecule has 2 rings (SSSR count). The lowest BCUT2D eigenvalue weighted by atomic mass is 10.2. The van der Waals surface area contributed by atoms with E-state index in [4.69, 9.17) is 32.7 Å². The first kappa shape index (κ1) is 13.3. The molecule has 0 spiro atoms. The van der Waals surface area contributed by atoms with Gasteiger partial charge < -0.3 is 14.8 Å².